The maximum Gasteiger partial charge on any atom is 0.0702 e. The predicted molar refractivity (Wildman–Crippen MR) is 94.3 cm³/mol. The Kier molecular flexibility index (Phi) is 3.68. The largest absolute Gasteiger partial charge is 0.295 e. The first-order chi connectivity index (χ1) is 11.3. The van der Waals surface area contributed by atoms with Crippen molar-refractivity contribution in [2.75, 3.05) is 13.6 Å². The van der Waals surface area contributed by atoms with Gasteiger partial charge in [0, 0.05) is 18.3 Å². The Bertz CT molecular complexity index is 797. The van der Waals surface area contributed by atoms with Crippen LogP contribution in [-0.2, 0) is 6.42 Å². The zero-order valence-corrected chi connectivity index (χ0v) is 13.3. The molecule has 1 aromatic heterocycles. The maximum absolute atomic E-state index is 4.50. The van der Waals surface area contributed by atoms with E-state index in [1.807, 2.05) is 18.3 Å². The van der Waals surface area contributed by atoms with E-state index in [0.717, 1.165) is 18.7 Å². The molecule has 0 spiro atoms. The van der Waals surface area contributed by atoms with Crippen LogP contribution in [0.2, 0.25) is 0 Å². The number of fused-ring (bicyclic) bond motifs is 1. The van der Waals surface area contributed by atoms with Gasteiger partial charge in [0.25, 0.3) is 0 Å². The molecule has 114 valence electrons. The summed E-state index contributed by atoms with van der Waals surface area (Å²) >= 11 is 0. The molecule has 0 radical (unpaired) electrons. The second-order valence-corrected chi connectivity index (χ2v) is 6.17. The Labute approximate surface area is 137 Å². The highest BCUT2D eigenvalue weighted by Crippen LogP contribution is 2.36. The summed E-state index contributed by atoms with van der Waals surface area (Å²) in [6.45, 7) is 1.09. The maximum atomic E-state index is 4.50. The lowest BCUT2D eigenvalue weighted by atomic mass is 9.87. The van der Waals surface area contributed by atoms with Crippen LogP contribution >= 0.6 is 0 Å². The SMILES string of the molecule is CN1CCc2ccc(-c3ccccn3)cc2C1c1ccccc1. The molecule has 2 aromatic carbocycles. The average Bonchev–Trinajstić information content (AvgIpc) is 2.62. The van der Waals surface area contributed by atoms with Gasteiger partial charge >= 0.3 is 0 Å². The number of benzene rings is 2. The standard InChI is InChI=1S/C21H20N2/c1-23-14-12-16-10-11-18(20-9-5-6-13-22-20)15-19(16)21(23)17-7-3-2-4-8-17/h2-11,13,15,21H,12,14H2,1H3. The van der Waals surface area contributed by atoms with Crippen molar-refractivity contribution in [3.8, 4) is 11.3 Å². The van der Waals surface area contributed by atoms with Crippen LogP contribution in [0.5, 0.6) is 0 Å². The lowest BCUT2D eigenvalue weighted by molar-refractivity contribution is 0.265. The van der Waals surface area contributed by atoms with Crippen LogP contribution in [0.4, 0.5) is 0 Å². The van der Waals surface area contributed by atoms with Crippen LogP contribution < -0.4 is 0 Å². The highest BCUT2D eigenvalue weighted by atomic mass is 15.1. The van der Waals surface area contributed by atoms with Gasteiger partial charge < -0.3 is 0 Å². The summed E-state index contributed by atoms with van der Waals surface area (Å²) in [6, 6.07) is 24.0. The topological polar surface area (TPSA) is 16.1 Å². The molecule has 0 amide bonds. The predicted octanol–water partition coefficient (Wildman–Crippen LogP) is 4.33. The molecule has 2 heterocycles. The number of likely N-dealkylation sites (N-methyl/N-ethyl adjacent to an activating group) is 1. The molecule has 0 fully saturated rings. The molecule has 0 saturated carbocycles. The van der Waals surface area contributed by atoms with E-state index in [0.29, 0.717) is 6.04 Å². The second kappa shape index (κ2) is 5.98. The summed E-state index contributed by atoms with van der Waals surface area (Å²) in [5.74, 6) is 0. The van der Waals surface area contributed by atoms with Crippen LogP contribution in [0.25, 0.3) is 11.3 Å². The highest BCUT2D eigenvalue weighted by Gasteiger charge is 2.26. The molecule has 1 unspecified atom stereocenters. The van der Waals surface area contributed by atoms with Crippen LogP contribution in [-0.4, -0.2) is 23.5 Å². The Morgan fingerprint density at radius 3 is 2.57 bits per heavy atom. The van der Waals surface area contributed by atoms with E-state index in [-0.39, 0.29) is 0 Å². The summed E-state index contributed by atoms with van der Waals surface area (Å²) in [7, 11) is 2.22. The van der Waals surface area contributed by atoms with Gasteiger partial charge in [-0.3, -0.25) is 9.88 Å². The fraction of sp³-hybridized carbons (Fsp3) is 0.190. The molecule has 0 aliphatic carbocycles. The van der Waals surface area contributed by atoms with Gasteiger partial charge in [0.2, 0.25) is 0 Å². The minimum absolute atomic E-state index is 0.323. The fourth-order valence-electron chi connectivity index (χ4n) is 3.50. The Morgan fingerprint density at radius 2 is 1.78 bits per heavy atom. The first-order valence-corrected chi connectivity index (χ1v) is 8.12. The monoisotopic (exact) mass is 300 g/mol. The minimum Gasteiger partial charge on any atom is -0.295 e. The van der Waals surface area contributed by atoms with Gasteiger partial charge in [0.15, 0.2) is 0 Å². The van der Waals surface area contributed by atoms with Gasteiger partial charge in [-0.15, -0.1) is 0 Å². The van der Waals surface area contributed by atoms with Crippen molar-refractivity contribution in [3.05, 3.63) is 89.6 Å². The molecular formula is C21H20N2. The molecule has 2 nitrogen and oxygen atoms in total. The number of nitrogens with zero attached hydrogens (tertiary/aromatic N) is 2. The minimum atomic E-state index is 0.323. The molecule has 0 bridgehead atoms. The molecule has 0 saturated heterocycles. The average molecular weight is 300 g/mol. The van der Waals surface area contributed by atoms with Gasteiger partial charge in [0.1, 0.15) is 0 Å². The van der Waals surface area contributed by atoms with Crippen molar-refractivity contribution in [2.24, 2.45) is 0 Å². The van der Waals surface area contributed by atoms with Crippen molar-refractivity contribution in [1.82, 2.24) is 9.88 Å². The van der Waals surface area contributed by atoms with Crippen molar-refractivity contribution in [1.29, 1.82) is 0 Å². The van der Waals surface area contributed by atoms with Gasteiger partial charge in [-0.25, -0.2) is 0 Å². The van der Waals surface area contributed by atoms with Crippen molar-refractivity contribution in [3.63, 3.8) is 0 Å². The van der Waals surface area contributed by atoms with Crippen molar-refractivity contribution < 1.29 is 0 Å². The summed E-state index contributed by atoms with van der Waals surface area (Å²) < 4.78 is 0. The van der Waals surface area contributed by atoms with Crippen LogP contribution in [0.3, 0.4) is 0 Å². The normalized spacial score (nSPS) is 17.7. The highest BCUT2D eigenvalue weighted by molar-refractivity contribution is 5.62. The van der Waals surface area contributed by atoms with E-state index < -0.39 is 0 Å². The molecule has 23 heavy (non-hydrogen) atoms. The first kappa shape index (κ1) is 14.2. The molecular weight excluding hydrogens is 280 g/mol. The molecule has 1 aliphatic heterocycles. The fourth-order valence-corrected chi connectivity index (χ4v) is 3.50. The smallest absolute Gasteiger partial charge is 0.0702 e. The zero-order chi connectivity index (χ0) is 15.6. The van der Waals surface area contributed by atoms with E-state index >= 15 is 0 Å². The Hall–Kier alpha value is -2.45. The summed E-state index contributed by atoms with van der Waals surface area (Å²) in [5, 5.41) is 0. The molecule has 4 rings (SSSR count). The van der Waals surface area contributed by atoms with E-state index in [2.05, 4.69) is 71.5 Å². The van der Waals surface area contributed by atoms with E-state index in [1.54, 1.807) is 0 Å². The Morgan fingerprint density at radius 1 is 0.957 bits per heavy atom. The summed E-state index contributed by atoms with van der Waals surface area (Å²) in [4.78, 5) is 6.95. The quantitative estimate of drug-likeness (QED) is 0.700. The second-order valence-electron chi connectivity index (χ2n) is 6.17. The molecule has 1 aliphatic rings. The Balaban J connectivity index is 1.83. The van der Waals surface area contributed by atoms with Crippen molar-refractivity contribution in [2.45, 2.75) is 12.5 Å². The van der Waals surface area contributed by atoms with Gasteiger partial charge in [-0.05, 0) is 48.4 Å². The lowest BCUT2D eigenvalue weighted by Crippen LogP contribution is -2.32. The van der Waals surface area contributed by atoms with E-state index in [4.69, 9.17) is 0 Å². The molecule has 0 N–H and O–H groups in total. The van der Waals surface area contributed by atoms with Crippen LogP contribution in [0.15, 0.2) is 72.9 Å². The number of rotatable bonds is 2. The van der Waals surface area contributed by atoms with Gasteiger partial charge in [0.05, 0.1) is 11.7 Å². The number of aromatic nitrogens is 1. The third kappa shape index (κ3) is 2.66. The molecule has 2 heteroatoms. The number of hydrogen-bond donors (Lipinski definition) is 0. The van der Waals surface area contributed by atoms with Gasteiger partial charge in [-0.2, -0.15) is 0 Å². The van der Waals surface area contributed by atoms with E-state index in [1.165, 1.54) is 22.3 Å². The zero-order valence-electron chi connectivity index (χ0n) is 13.3. The summed E-state index contributed by atoms with van der Waals surface area (Å²) in [5.41, 5.74) is 6.45. The van der Waals surface area contributed by atoms with E-state index in [9.17, 15) is 0 Å². The first-order valence-electron chi connectivity index (χ1n) is 8.12. The number of pyridine rings is 1. The third-order valence-electron chi connectivity index (χ3n) is 4.69. The van der Waals surface area contributed by atoms with Crippen molar-refractivity contribution >= 4 is 0 Å². The molecule has 3 aromatic rings. The molecule has 1 atom stereocenters. The lowest BCUT2D eigenvalue weighted by Gasteiger charge is -2.35. The van der Waals surface area contributed by atoms with Gasteiger partial charge in [-0.1, -0.05) is 48.5 Å². The third-order valence-corrected chi connectivity index (χ3v) is 4.69. The number of hydrogen-bond acceptors (Lipinski definition) is 2. The summed E-state index contributed by atoms with van der Waals surface area (Å²) in [6.07, 6.45) is 2.97. The van der Waals surface area contributed by atoms with Crippen LogP contribution in [0, 0.1) is 0 Å². The van der Waals surface area contributed by atoms with Crippen LogP contribution in [0.1, 0.15) is 22.7 Å².